The number of para-hydroxylation sites is 2. The fraction of sp³-hybridized carbons (Fsp3) is 0.435. The van der Waals surface area contributed by atoms with Crippen LogP contribution < -0.4 is 5.32 Å². The van der Waals surface area contributed by atoms with Crippen LogP contribution in [-0.2, 0) is 4.79 Å². The van der Waals surface area contributed by atoms with E-state index in [1.807, 2.05) is 31.2 Å². The van der Waals surface area contributed by atoms with E-state index in [0.717, 1.165) is 44.6 Å². The van der Waals surface area contributed by atoms with E-state index in [1.165, 1.54) is 0 Å². The van der Waals surface area contributed by atoms with Crippen LogP contribution in [0.15, 0.2) is 49.9 Å². The van der Waals surface area contributed by atoms with Crippen molar-refractivity contribution in [2.75, 3.05) is 11.1 Å². The predicted molar refractivity (Wildman–Crippen MR) is 134 cm³/mol. The zero-order chi connectivity index (χ0) is 22.4. The van der Waals surface area contributed by atoms with Gasteiger partial charge in [-0.1, -0.05) is 51.6 Å². The second-order valence-electron chi connectivity index (χ2n) is 7.72. The van der Waals surface area contributed by atoms with Gasteiger partial charge in [-0.3, -0.25) is 4.79 Å². The SMILES string of the molecule is Cc1cc(SC(C)C)c(NC(=O)CCCSc2nc3ccccc3o2)c(SC(C)C)n1. The maximum absolute atomic E-state index is 12.7. The van der Waals surface area contributed by atoms with E-state index >= 15 is 0 Å². The molecule has 166 valence electrons. The van der Waals surface area contributed by atoms with Crippen LogP contribution in [0.4, 0.5) is 5.69 Å². The average Bonchev–Trinajstić information content (AvgIpc) is 3.10. The lowest BCUT2D eigenvalue weighted by molar-refractivity contribution is -0.116. The number of amides is 1. The van der Waals surface area contributed by atoms with Crippen LogP contribution in [0.1, 0.15) is 46.2 Å². The molecule has 3 aromatic rings. The number of carbonyl (C=O) groups excluding carboxylic acids is 1. The Labute approximate surface area is 196 Å². The number of anilines is 1. The van der Waals surface area contributed by atoms with Crippen LogP contribution in [0.3, 0.4) is 0 Å². The lowest BCUT2D eigenvalue weighted by Crippen LogP contribution is -2.14. The second kappa shape index (κ2) is 11.3. The summed E-state index contributed by atoms with van der Waals surface area (Å²) in [6, 6.07) is 9.79. The number of pyridine rings is 1. The number of aryl methyl sites for hydroxylation is 1. The number of nitrogens with zero attached hydrogens (tertiary/aromatic N) is 2. The highest BCUT2D eigenvalue weighted by molar-refractivity contribution is 8.01. The Morgan fingerprint density at radius 1 is 1.10 bits per heavy atom. The van der Waals surface area contributed by atoms with Crippen molar-refractivity contribution in [3.05, 3.63) is 36.0 Å². The lowest BCUT2D eigenvalue weighted by Gasteiger charge is -2.18. The minimum Gasteiger partial charge on any atom is -0.431 e. The Kier molecular flexibility index (Phi) is 8.75. The molecular formula is C23H29N3O2S3. The molecule has 0 bridgehead atoms. The largest absolute Gasteiger partial charge is 0.431 e. The van der Waals surface area contributed by atoms with Crippen LogP contribution in [0.25, 0.3) is 11.1 Å². The number of aromatic nitrogens is 2. The van der Waals surface area contributed by atoms with Crippen LogP contribution in [0, 0.1) is 6.92 Å². The van der Waals surface area contributed by atoms with Gasteiger partial charge in [-0.05, 0) is 31.5 Å². The zero-order valence-corrected chi connectivity index (χ0v) is 21.0. The number of fused-ring (bicyclic) bond motifs is 1. The summed E-state index contributed by atoms with van der Waals surface area (Å²) >= 11 is 4.98. The summed E-state index contributed by atoms with van der Waals surface area (Å²) in [6.45, 7) is 10.6. The van der Waals surface area contributed by atoms with Crippen LogP contribution in [0.5, 0.6) is 0 Å². The number of hydrogen-bond acceptors (Lipinski definition) is 7. The van der Waals surface area contributed by atoms with E-state index < -0.39 is 0 Å². The summed E-state index contributed by atoms with van der Waals surface area (Å²) in [5, 5.41) is 5.49. The van der Waals surface area contributed by atoms with Gasteiger partial charge in [-0.25, -0.2) is 9.97 Å². The van der Waals surface area contributed by atoms with Crippen molar-refractivity contribution in [1.29, 1.82) is 0 Å². The third kappa shape index (κ3) is 7.19. The van der Waals surface area contributed by atoms with Gasteiger partial charge in [0.1, 0.15) is 10.5 Å². The number of oxazole rings is 1. The normalized spacial score (nSPS) is 11.6. The van der Waals surface area contributed by atoms with Crippen LogP contribution in [0.2, 0.25) is 0 Å². The highest BCUT2D eigenvalue weighted by atomic mass is 32.2. The van der Waals surface area contributed by atoms with E-state index in [9.17, 15) is 4.79 Å². The van der Waals surface area contributed by atoms with Gasteiger partial charge >= 0.3 is 0 Å². The Morgan fingerprint density at radius 3 is 2.55 bits per heavy atom. The molecule has 0 atom stereocenters. The molecule has 1 amide bonds. The fourth-order valence-corrected chi connectivity index (χ4v) is 5.67. The topological polar surface area (TPSA) is 68.0 Å². The van der Waals surface area contributed by atoms with Gasteiger partial charge in [-0.2, -0.15) is 0 Å². The molecule has 0 radical (unpaired) electrons. The average molecular weight is 476 g/mol. The molecule has 2 heterocycles. The Balaban J connectivity index is 1.60. The Bertz CT molecular complexity index is 970. The van der Waals surface area contributed by atoms with Gasteiger partial charge in [0, 0.05) is 33.3 Å². The summed E-state index contributed by atoms with van der Waals surface area (Å²) in [6.07, 6.45) is 1.19. The molecule has 31 heavy (non-hydrogen) atoms. The summed E-state index contributed by atoms with van der Waals surface area (Å²) in [5.41, 5.74) is 3.47. The maximum Gasteiger partial charge on any atom is 0.256 e. The minimum absolute atomic E-state index is 0.0139. The fourth-order valence-electron chi connectivity index (χ4n) is 2.89. The quantitative estimate of drug-likeness (QED) is 0.249. The third-order valence-electron chi connectivity index (χ3n) is 4.10. The van der Waals surface area contributed by atoms with Gasteiger partial charge in [-0.15, -0.1) is 23.5 Å². The molecule has 2 aromatic heterocycles. The molecular weight excluding hydrogens is 446 g/mol. The predicted octanol–water partition coefficient (Wildman–Crippen LogP) is 7.04. The van der Waals surface area contributed by atoms with Crippen molar-refractivity contribution < 1.29 is 9.21 Å². The van der Waals surface area contributed by atoms with Crippen molar-refractivity contribution in [3.63, 3.8) is 0 Å². The molecule has 0 aliphatic heterocycles. The lowest BCUT2D eigenvalue weighted by atomic mass is 10.3. The van der Waals surface area contributed by atoms with E-state index in [4.69, 9.17) is 9.40 Å². The Morgan fingerprint density at radius 2 is 1.84 bits per heavy atom. The number of rotatable bonds is 10. The summed E-state index contributed by atoms with van der Waals surface area (Å²) in [7, 11) is 0. The molecule has 0 unspecified atom stereocenters. The van der Waals surface area contributed by atoms with Crippen molar-refractivity contribution in [2.45, 2.75) is 73.1 Å². The minimum atomic E-state index is 0.0139. The van der Waals surface area contributed by atoms with Crippen molar-refractivity contribution in [1.82, 2.24) is 9.97 Å². The van der Waals surface area contributed by atoms with Crippen LogP contribution >= 0.6 is 35.3 Å². The van der Waals surface area contributed by atoms with Gasteiger partial charge in [0.05, 0.1) is 5.69 Å². The first-order chi connectivity index (χ1) is 14.8. The number of nitrogens with one attached hydrogen (secondary N) is 1. The van der Waals surface area contributed by atoms with Crippen molar-refractivity contribution in [3.8, 4) is 0 Å². The molecule has 3 rings (SSSR count). The van der Waals surface area contributed by atoms with Gasteiger partial charge in [0.2, 0.25) is 5.91 Å². The molecule has 0 fully saturated rings. The van der Waals surface area contributed by atoms with Gasteiger partial charge in [0.25, 0.3) is 5.22 Å². The summed E-state index contributed by atoms with van der Waals surface area (Å²) in [4.78, 5) is 23.0. The van der Waals surface area contributed by atoms with E-state index in [2.05, 4.69) is 44.1 Å². The Hall–Kier alpha value is -1.64. The van der Waals surface area contributed by atoms with Gasteiger partial charge in [0.15, 0.2) is 5.58 Å². The van der Waals surface area contributed by atoms with E-state index in [-0.39, 0.29) is 5.91 Å². The molecule has 0 aliphatic rings. The van der Waals surface area contributed by atoms with Gasteiger partial charge < -0.3 is 9.73 Å². The number of benzene rings is 1. The molecule has 0 spiro atoms. The molecule has 0 saturated carbocycles. The zero-order valence-electron chi connectivity index (χ0n) is 18.6. The molecule has 5 nitrogen and oxygen atoms in total. The standard InChI is InChI=1S/C23H29N3O2S3/c1-14(2)30-19-13-16(5)24-22(31-15(3)4)21(19)26-20(27)11-8-12-29-23-25-17-9-6-7-10-18(17)28-23/h6-7,9-10,13-15H,8,11-12H2,1-5H3,(H,26,27). The van der Waals surface area contributed by atoms with Crippen LogP contribution in [-0.4, -0.2) is 32.1 Å². The second-order valence-corrected chi connectivity index (χ2v) is 12.0. The maximum atomic E-state index is 12.7. The molecule has 0 aliphatic carbocycles. The molecule has 8 heteroatoms. The first-order valence-electron chi connectivity index (χ1n) is 10.4. The first-order valence-corrected chi connectivity index (χ1v) is 13.2. The number of hydrogen-bond donors (Lipinski definition) is 1. The van der Waals surface area contributed by atoms with E-state index in [0.29, 0.717) is 22.1 Å². The highest BCUT2D eigenvalue weighted by Crippen LogP contribution is 2.38. The van der Waals surface area contributed by atoms with Crippen molar-refractivity contribution in [2.24, 2.45) is 0 Å². The highest BCUT2D eigenvalue weighted by Gasteiger charge is 2.17. The number of carbonyl (C=O) groups is 1. The van der Waals surface area contributed by atoms with Crippen molar-refractivity contribution >= 4 is 58.0 Å². The number of thioether (sulfide) groups is 3. The third-order valence-corrected chi connectivity index (χ3v) is 7.05. The smallest absolute Gasteiger partial charge is 0.256 e. The first kappa shape index (κ1) is 24.0. The molecule has 0 saturated heterocycles. The monoisotopic (exact) mass is 475 g/mol. The summed E-state index contributed by atoms with van der Waals surface area (Å²) in [5.74, 6) is 0.785. The van der Waals surface area contributed by atoms with E-state index in [1.54, 1.807) is 35.3 Å². The molecule has 1 N–H and O–H groups in total. The molecule has 1 aromatic carbocycles. The summed E-state index contributed by atoms with van der Waals surface area (Å²) < 4.78 is 5.72.